The molecule has 0 radical (unpaired) electrons. The van der Waals surface area contributed by atoms with E-state index in [0.29, 0.717) is 10.9 Å². The number of aryl methyl sites for hydroxylation is 1. The number of carboxylic acids is 1. The molecule has 2 atom stereocenters. The maximum absolute atomic E-state index is 11.8. The molecule has 2 heterocycles. The summed E-state index contributed by atoms with van der Waals surface area (Å²) in [6.07, 6.45) is 3.39. The van der Waals surface area contributed by atoms with Crippen molar-refractivity contribution < 1.29 is 9.90 Å². The van der Waals surface area contributed by atoms with E-state index in [0.717, 1.165) is 22.3 Å². The lowest BCUT2D eigenvalue weighted by Crippen LogP contribution is -2.17. The van der Waals surface area contributed by atoms with Gasteiger partial charge in [-0.2, -0.15) is 0 Å². The van der Waals surface area contributed by atoms with Gasteiger partial charge in [-0.15, -0.1) is 0 Å². The van der Waals surface area contributed by atoms with Gasteiger partial charge in [0.15, 0.2) is 0 Å². The highest BCUT2D eigenvalue weighted by atomic mass is 79.9. The first-order chi connectivity index (χ1) is 13.9. The second kappa shape index (κ2) is 7.36. The zero-order valence-corrected chi connectivity index (χ0v) is 19.1. The standard InChI is InChI=1S/C23H21BrClNO2S/c1-12(23(27)28)17-8-9-26-19-11-14(13-2-3-13)10-18(24)20(19)22(21(17)26)29-16-6-4-15(25)5-7-16/h4-7,10-13,17H,2-3,8-9H2,1H3,(H,27,28). The van der Waals surface area contributed by atoms with Gasteiger partial charge in [0.05, 0.1) is 11.4 Å². The van der Waals surface area contributed by atoms with Crippen molar-refractivity contribution in [1.29, 1.82) is 0 Å². The van der Waals surface area contributed by atoms with Gasteiger partial charge in [-0.25, -0.2) is 0 Å². The molecule has 150 valence electrons. The van der Waals surface area contributed by atoms with Crippen molar-refractivity contribution in [3.63, 3.8) is 0 Å². The number of aromatic nitrogens is 1. The first-order valence-corrected chi connectivity index (χ1v) is 11.9. The van der Waals surface area contributed by atoms with Crippen LogP contribution >= 0.6 is 39.3 Å². The van der Waals surface area contributed by atoms with E-state index in [4.69, 9.17) is 11.6 Å². The maximum Gasteiger partial charge on any atom is 0.306 e. The van der Waals surface area contributed by atoms with E-state index >= 15 is 0 Å². The number of fused-ring (bicyclic) bond motifs is 3. The fourth-order valence-electron chi connectivity index (χ4n) is 4.48. The molecule has 1 aliphatic heterocycles. The van der Waals surface area contributed by atoms with Crippen LogP contribution < -0.4 is 0 Å². The zero-order valence-electron chi connectivity index (χ0n) is 16.0. The van der Waals surface area contributed by atoms with E-state index in [1.54, 1.807) is 11.8 Å². The first-order valence-electron chi connectivity index (χ1n) is 9.95. The van der Waals surface area contributed by atoms with Crippen LogP contribution in [0.15, 0.2) is 50.7 Å². The van der Waals surface area contributed by atoms with Crippen molar-refractivity contribution in [2.24, 2.45) is 5.92 Å². The number of hydrogen-bond acceptors (Lipinski definition) is 2. The summed E-state index contributed by atoms with van der Waals surface area (Å²) in [6, 6.07) is 12.5. The van der Waals surface area contributed by atoms with Crippen molar-refractivity contribution in [1.82, 2.24) is 4.57 Å². The van der Waals surface area contributed by atoms with E-state index in [2.05, 4.69) is 32.6 Å². The van der Waals surface area contributed by atoms with Gasteiger partial charge in [0, 0.05) is 42.8 Å². The summed E-state index contributed by atoms with van der Waals surface area (Å²) >= 11 is 11.6. The van der Waals surface area contributed by atoms with Crippen molar-refractivity contribution in [3.8, 4) is 0 Å². The van der Waals surface area contributed by atoms with Gasteiger partial charge in [-0.05, 0) is 67.1 Å². The van der Waals surface area contributed by atoms with Crippen LogP contribution in [-0.4, -0.2) is 15.6 Å². The van der Waals surface area contributed by atoms with Gasteiger partial charge >= 0.3 is 5.97 Å². The molecule has 2 aromatic carbocycles. The minimum Gasteiger partial charge on any atom is -0.481 e. The Morgan fingerprint density at radius 1 is 1.24 bits per heavy atom. The molecule has 3 nitrogen and oxygen atoms in total. The highest BCUT2D eigenvalue weighted by Crippen LogP contribution is 2.51. The summed E-state index contributed by atoms with van der Waals surface area (Å²) in [6.45, 7) is 2.71. The topological polar surface area (TPSA) is 42.2 Å². The molecule has 0 saturated heterocycles. The molecule has 5 rings (SSSR count). The smallest absolute Gasteiger partial charge is 0.306 e. The summed E-state index contributed by atoms with van der Waals surface area (Å²) in [5.41, 5.74) is 3.79. The largest absolute Gasteiger partial charge is 0.481 e. The molecule has 6 heteroatoms. The van der Waals surface area contributed by atoms with Crippen molar-refractivity contribution >= 4 is 56.2 Å². The second-order valence-corrected chi connectivity index (χ2v) is 10.5. The third kappa shape index (κ3) is 3.41. The summed E-state index contributed by atoms with van der Waals surface area (Å²) < 4.78 is 3.48. The van der Waals surface area contributed by atoms with Crippen LogP contribution in [0.1, 0.15) is 49.3 Å². The number of carbonyl (C=O) groups is 1. The predicted octanol–water partition coefficient (Wildman–Crippen LogP) is 7.29. The molecule has 2 unspecified atom stereocenters. The molecule has 1 saturated carbocycles. The van der Waals surface area contributed by atoms with Gasteiger partial charge in [0.1, 0.15) is 0 Å². The zero-order chi connectivity index (χ0) is 20.3. The van der Waals surface area contributed by atoms with Crippen LogP contribution in [0.25, 0.3) is 10.9 Å². The Labute approximate surface area is 187 Å². The van der Waals surface area contributed by atoms with Crippen molar-refractivity contribution in [3.05, 3.63) is 57.2 Å². The maximum atomic E-state index is 11.8. The third-order valence-corrected chi connectivity index (χ3v) is 8.23. The number of nitrogens with zero attached hydrogens (tertiary/aromatic N) is 1. The predicted molar refractivity (Wildman–Crippen MR) is 121 cm³/mol. The molecule has 0 bridgehead atoms. The average molecular weight is 491 g/mol. The van der Waals surface area contributed by atoms with E-state index < -0.39 is 11.9 Å². The normalized spacial score (nSPS) is 19.5. The molecule has 1 N–H and O–H groups in total. The van der Waals surface area contributed by atoms with Gasteiger partial charge in [-0.3, -0.25) is 4.79 Å². The summed E-state index contributed by atoms with van der Waals surface area (Å²) in [7, 11) is 0. The fraction of sp³-hybridized carbons (Fsp3) is 0.348. The molecule has 1 aliphatic carbocycles. The number of rotatable bonds is 5. The summed E-state index contributed by atoms with van der Waals surface area (Å²) in [5.74, 6) is -0.448. The molecule has 1 fully saturated rings. The Morgan fingerprint density at radius 3 is 2.62 bits per heavy atom. The lowest BCUT2D eigenvalue weighted by atomic mass is 9.90. The summed E-state index contributed by atoms with van der Waals surface area (Å²) in [4.78, 5) is 14.1. The minimum absolute atomic E-state index is 0.0194. The Hall–Kier alpha value is -1.43. The van der Waals surface area contributed by atoms with Gasteiger partial charge in [0.25, 0.3) is 0 Å². The molecule has 0 spiro atoms. The van der Waals surface area contributed by atoms with Gasteiger partial charge < -0.3 is 9.67 Å². The minimum atomic E-state index is -0.728. The van der Waals surface area contributed by atoms with Gasteiger partial charge in [0.2, 0.25) is 0 Å². The average Bonchev–Trinajstić information content (AvgIpc) is 3.38. The molecule has 29 heavy (non-hydrogen) atoms. The SMILES string of the molecule is CC(C(=O)O)C1CCn2c1c(Sc1ccc(Cl)cc1)c1c(Br)cc(C3CC3)cc12. The highest BCUT2D eigenvalue weighted by Gasteiger charge is 2.37. The number of carboxylic acid groups (broad SMARTS) is 1. The molecular formula is C23H21BrClNO2S. The van der Waals surface area contributed by atoms with Crippen molar-refractivity contribution in [2.75, 3.05) is 0 Å². The van der Waals surface area contributed by atoms with Crippen molar-refractivity contribution in [2.45, 2.75) is 54.4 Å². The number of aliphatic carboxylic acids is 1. The molecule has 2 aliphatic rings. The van der Waals surface area contributed by atoms with Crippen LogP contribution in [0.4, 0.5) is 0 Å². The second-order valence-electron chi connectivity index (χ2n) is 8.12. The molecule has 1 aromatic heterocycles. The van der Waals surface area contributed by atoms with Crippen LogP contribution in [-0.2, 0) is 11.3 Å². The third-order valence-electron chi connectivity index (χ3n) is 6.22. The van der Waals surface area contributed by atoms with Crippen LogP contribution in [0.2, 0.25) is 5.02 Å². The van der Waals surface area contributed by atoms with E-state index in [-0.39, 0.29) is 5.92 Å². The van der Waals surface area contributed by atoms with Gasteiger partial charge in [-0.1, -0.05) is 46.2 Å². The molecule has 3 aromatic rings. The number of hydrogen-bond donors (Lipinski definition) is 1. The Kier molecular flexibility index (Phi) is 4.96. The van der Waals surface area contributed by atoms with Crippen LogP contribution in [0, 0.1) is 5.92 Å². The number of benzene rings is 2. The van der Waals surface area contributed by atoms with Crippen LogP contribution in [0.3, 0.4) is 0 Å². The van der Waals surface area contributed by atoms with E-state index in [1.165, 1.54) is 39.9 Å². The van der Waals surface area contributed by atoms with E-state index in [9.17, 15) is 9.90 Å². The molecular weight excluding hydrogens is 470 g/mol. The lowest BCUT2D eigenvalue weighted by Gasteiger charge is -2.16. The highest BCUT2D eigenvalue weighted by molar-refractivity contribution is 9.10. The summed E-state index contributed by atoms with van der Waals surface area (Å²) in [5, 5.41) is 11.6. The van der Waals surface area contributed by atoms with E-state index in [1.807, 2.05) is 31.2 Å². The first kappa shape index (κ1) is 19.5. The quantitative estimate of drug-likeness (QED) is 0.408. The Bertz CT molecular complexity index is 1120. The Morgan fingerprint density at radius 2 is 1.97 bits per heavy atom. The van der Waals surface area contributed by atoms with Crippen LogP contribution in [0.5, 0.6) is 0 Å². The lowest BCUT2D eigenvalue weighted by molar-refractivity contribution is -0.141. The fourth-order valence-corrected chi connectivity index (χ4v) is 6.59. The number of halogens is 2. The molecule has 0 amide bonds. The monoisotopic (exact) mass is 489 g/mol. The Balaban J connectivity index is 1.71.